The molecule has 0 aliphatic rings. The molecule has 0 saturated carbocycles. The van der Waals surface area contributed by atoms with Crippen LogP contribution in [0.15, 0.2) is 95.4 Å². The number of hydrogen-bond donors (Lipinski definition) is 2. The highest BCUT2D eigenvalue weighted by atomic mass is 31.2. The second kappa shape index (κ2) is 8.60. The molecule has 4 nitrogen and oxygen atoms in total. The summed E-state index contributed by atoms with van der Waals surface area (Å²) in [6.07, 6.45) is 0. The van der Waals surface area contributed by atoms with Gasteiger partial charge in [0, 0.05) is 13.5 Å². The summed E-state index contributed by atoms with van der Waals surface area (Å²) in [6.45, 7) is 2.29. The topological polar surface area (TPSA) is 58.3 Å². The number of hydrogen-bond acceptors (Lipinski definition) is 4. The zero-order valence-electron chi connectivity index (χ0n) is 16.3. The maximum atomic E-state index is 9.36. The average molecular weight is 403 g/mol. The molecule has 4 rings (SSSR count). The van der Waals surface area contributed by atoms with Crippen molar-refractivity contribution in [1.29, 1.82) is 0 Å². The van der Waals surface area contributed by atoms with E-state index in [2.05, 4.69) is 78.1 Å². The minimum absolute atomic E-state index is 0.0205. The molecule has 3 aromatic carbocycles. The summed E-state index contributed by atoms with van der Waals surface area (Å²) in [5.41, 5.74) is 0.895. The van der Waals surface area contributed by atoms with E-state index < -0.39 is 7.26 Å². The van der Waals surface area contributed by atoms with E-state index in [1.165, 1.54) is 15.9 Å². The number of aliphatic hydroxyl groups is 1. The number of aliphatic hydroxyl groups excluding tert-OH is 1. The van der Waals surface area contributed by atoms with Gasteiger partial charge in [-0.2, -0.15) is 4.98 Å². The molecule has 0 atom stereocenters. The molecule has 1 heterocycles. The molecule has 0 radical (unpaired) electrons. The number of benzene rings is 3. The summed E-state index contributed by atoms with van der Waals surface area (Å²) in [5, 5.41) is 16.2. The van der Waals surface area contributed by atoms with Crippen molar-refractivity contribution in [3.63, 3.8) is 0 Å². The summed E-state index contributed by atoms with van der Waals surface area (Å²) in [6, 6.07) is 31.6. The van der Waals surface area contributed by atoms with Gasteiger partial charge in [0.15, 0.2) is 13.2 Å². The molecule has 5 heteroatoms. The molecule has 0 fully saturated rings. The molecule has 0 unspecified atom stereocenters. The lowest BCUT2D eigenvalue weighted by Crippen LogP contribution is -2.40. The first-order valence-electron chi connectivity index (χ1n) is 9.65. The van der Waals surface area contributed by atoms with Gasteiger partial charge in [-0.3, -0.25) is 0 Å². The van der Waals surface area contributed by atoms with Gasteiger partial charge < -0.3 is 14.8 Å². The van der Waals surface area contributed by atoms with Crippen LogP contribution in [0.5, 0.6) is 0 Å². The fraction of sp³-hybridized carbons (Fsp3) is 0.125. The van der Waals surface area contributed by atoms with E-state index in [4.69, 9.17) is 9.40 Å². The van der Waals surface area contributed by atoms with Gasteiger partial charge in [0.05, 0.1) is 6.61 Å². The average Bonchev–Trinajstić information content (AvgIpc) is 3.16. The van der Waals surface area contributed by atoms with Gasteiger partial charge in [0.2, 0.25) is 0 Å². The lowest BCUT2D eigenvalue weighted by Gasteiger charge is -2.25. The van der Waals surface area contributed by atoms with E-state index >= 15 is 0 Å². The first-order chi connectivity index (χ1) is 14.3. The van der Waals surface area contributed by atoms with E-state index in [0.29, 0.717) is 18.3 Å². The van der Waals surface area contributed by atoms with Crippen LogP contribution in [0.25, 0.3) is 0 Å². The first kappa shape index (κ1) is 19.4. The van der Waals surface area contributed by atoms with Crippen molar-refractivity contribution in [2.75, 3.05) is 18.5 Å². The summed E-state index contributed by atoms with van der Waals surface area (Å²) >= 11 is 0. The van der Waals surface area contributed by atoms with Crippen LogP contribution in [0.1, 0.15) is 5.89 Å². The predicted octanol–water partition coefficient (Wildman–Crippen LogP) is 3.01. The van der Waals surface area contributed by atoms with Gasteiger partial charge in [-0.15, -0.1) is 0 Å². The van der Waals surface area contributed by atoms with Crippen LogP contribution in [0.2, 0.25) is 0 Å². The fourth-order valence-corrected chi connectivity index (χ4v) is 7.90. The number of nitrogens with zero attached hydrogens (tertiary/aromatic N) is 1. The minimum Gasteiger partial charge on any atom is -0.421 e. The molecule has 2 N–H and O–H groups in total. The standard InChI is InChI=1S/C24H24N2O2P/c1-19-26-24(23(28-19)25-17-18-27)29(20-11-5-2-6-12-20,21-13-7-3-8-14-21)22-15-9-4-10-16-22/h2-16,25,27H,17-18H2,1H3/q+1. The van der Waals surface area contributed by atoms with Crippen molar-refractivity contribution >= 4 is 34.5 Å². The number of aryl methyl sites for hydroxylation is 1. The van der Waals surface area contributed by atoms with Crippen LogP contribution < -0.4 is 26.7 Å². The third-order valence-corrected chi connectivity index (χ3v) is 9.02. The molecule has 1 aromatic heterocycles. The quantitative estimate of drug-likeness (QED) is 0.466. The lowest BCUT2D eigenvalue weighted by molar-refractivity contribution is 0.310. The number of rotatable bonds is 7. The van der Waals surface area contributed by atoms with Gasteiger partial charge in [0.1, 0.15) is 15.9 Å². The summed E-state index contributed by atoms with van der Waals surface area (Å²) < 4.78 is 5.98. The predicted molar refractivity (Wildman–Crippen MR) is 122 cm³/mol. The van der Waals surface area contributed by atoms with Gasteiger partial charge in [0.25, 0.3) is 11.3 Å². The monoisotopic (exact) mass is 403 g/mol. The van der Waals surface area contributed by atoms with E-state index in [0.717, 1.165) is 5.44 Å². The zero-order valence-corrected chi connectivity index (χ0v) is 17.2. The fourth-order valence-electron chi connectivity index (χ4n) is 3.70. The van der Waals surface area contributed by atoms with Crippen LogP contribution in [0.3, 0.4) is 0 Å². The van der Waals surface area contributed by atoms with Crippen LogP contribution in [-0.4, -0.2) is 23.2 Å². The smallest absolute Gasteiger partial charge is 0.261 e. The molecule has 0 saturated heterocycles. The van der Waals surface area contributed by atoms with E-state index in [9.17, 15) is 5.11 Å². The van der Waals surface area contributed by atoms with Gasteiger partial charge in [-0.1, -0.05) is 54.6 Å². The van der Waals surface area contributed by atoms with E-state index in [1.54, 1.807) is 0 Å². The second-order valence-electron chi connectivity index (χ2n) is 6.71. The van der Waals surface area contributed by atoms with Crippen molar-refractivity contribution in [1.82, 2.24) is 4.98 Å². The lowest BCUT2D eigenvalue weighted by atomic mass is 10.4. The molecule has 0 aliphatic heterocycles. The molecule has 146 valence electrons. The number of oxazole rings is 1. The Morgan fingerprint density at radius 2 is 1.24 bits per heavy atom. The second-order valence-corrected chi connectivity index (χ2v) is 10.0. The largest absolute Gasteiger partial charge is 0.421 e. The Balaban J connectivity index is 2.10. The Bertz CT molecular complexity index is 954. The normalized spacial score (nSPS) is 11.4. The Morgan fingerprint density at radius 3 is 1.66 bits per heavy atom. The Labute approximate surface area is 171 Å². The molecule has 0 bridgehead atoms. The Kier molecular flexibility index (Phi) is 5.75. The van der Waals surface area contributed by atoms with Crippen molar-refractivity contribution in [2.45, 2.75) is 6.92 Å². The van der Waals surface area contributed by atoms with Crippen molar-refractivity contribution in [3.8, 4) is 0 Å². The van der Waals surface area contributed by atoms with Crippen LogP contribution in [0, 0.1) is 6.92 Å². The highest BCUT2D eigenvalue weighted by Gasteiger charge is 2.52. The summed E-state index contributed by atoms with van der Waals surface area (Å²) in [7, 11) is -2.31. The van der Waals surface area contributed by atoms with Gasteiger partial charge in [-0.25, -0.2) is 0 Å². The van der Waals surface area contributed by atoms with E-state index in [1.807, 2.05) is 25.1 Å². The third-order valence-electron chi connectivity index (χ3n) is 4.86. The molecule has 0 spiro atoms. The molecule has 0 aliphatic carbocycles. The number of nitrogens with one attached hydrogen (secondary N) is 1. The highest BCUT2D eigenvalue weighted by Crippen LogP contribution is 2.55. The molecular formula is C24H24N2O2P+. The Morgan fingerprint density at radius 1 is 0.793 bits per heavy atom. The van der Waals surface area contributed by atoms with Crippen molar-refractivity contribution in [2.24, 2.45) is 0 Å². The van der Waals surface area contributed by atoms with Crippen LogP contribution in [-0.2, 0) is 0 Å². The summed E-state index contributed by atoms with van der Waals surface area (Å²) in [5.74, 6) is 1.23. The van der Waals surface area contributed by atoms with Crippen molar-refractivity contribution in [3.05, 3.63) is 96.9 Å². The van der Waals surface area contributed by atoms with Gasteiger partial charge in [-0.05, 0) is 36.4 Å². The maximum Gasteiger partial charge on any atom is 0.261 e. The highest BCUT2D eigenvalue weighted by molar-refractivity contribution is 8.01. The third kappa shape index (κ3) is 3.57. The first-order valence-corrected chi connectivity index (χ1v) is 11.4. The SMILES string of the molecule is Cc1nc([P+](c2ccccc2)(c2ccccc2)c2ccccc2)c(NCCO)o1. The Hall–Kier alpha value is -2.94. The number of aromatic nitrogens is 1. The van der Waals surface area contributed by atoms with Crippen molar-refractivity contribution < 1.29 is 9.52 Å². The van der Waals surface area contributed by atoms with E-state index in [-0.39, 0.29) is 6.61 Å². The summed E-state index contributed by atoms with van der Waals surface area (Å²) in [4.78, 5) is 4.90. The van der Waals surface area contributed by atoms with Gasteiger partial charge >= 0.3 is 0 Å². The minimum atomic E-state index is -2.31. The molecular weight excluding hydrogens is 379 g/mol. The molecule has 0 amide bonds. The van der Waals surface area contributed by atoms with Crippen LogP contribution >= 0.6 is 7.26 Å². The van der Waals surface area contributed by atoms with Crippen LogP contribution in [0.4, 0.5) is 5.88 Å². The zero-order chi connectivity index (χ0) is 20.1. The molecule has 4 aromatic rings. The maximum absolute atomic E-state index is 9.36. The number of anilines is 1. The molecule has 29 heavy (non-hydrogen) atoms.